The van der Waals surface area contributed by atoms with E-state index in [0.29, 0.717) is 0 Å². The average molecular weight is 162 g/mol. The molecule has 60 valence electrons. The van der Waals surface area contributed by atoms with Crippen LogP contribution in [-0.4, -0.2) is 12.1 Å². The van der Waals surface area contributed by atoms with Gasteiger partial charge in [0.15, 0.2) is 0 Å². The zero-order chi connectivity index (χ0) is 7.33. The van der Waals surface area contributed by atoms with Gasteiger partial charge in [-0.1, -0.05) is 0 Å². The number of hydrogen-bond acceptors (Lipinski definition) is 1. The molecule has 1 N–H and O–H groups in total. The van der Waals surface area contributed by atoms with Crippen molar-refractivity contribution in [2.24, 2.45) is 0 Å². The summed E-state index contributed by atoms with van der Waals surface area (Å²) in [6.45, 7) is 7.30. The van der Waals surface area contributed by atoms with E-state index in [1.807, 2.05) is 0 Å². The number of halogens is 1. The van der Waals surface area contributed by atoms with Crippen molar-refractivity contribution in [3.05, 3.63) is 0 Å². The minimum atomic E-state index is 0. The molecule has 0 radical (unpaired) electrons. The van der Waals surface area contributed by atoms with E-state index in [-0.39, 0.29) is 17.9 Å². The predicted molar refractivity (Wildman–Crippen MR) is 48.5 cm³/mol. The van der Waals surface area contributed by atoms with Crippen LogP contribution in [0.25, 0.3) is 0 Å². The summed E-state index contributed by atoms with van der Waals surface area (Å²) >= 11 is 0. The molecule has 0 saturated carbocycles. The van der Waals surface area contributed by atoms with E-state index in [0.717, 1.165) is 13.0 Å². The van der Waals surface area contributed by atoms with E-state index in [2.05, 4.69) is 32.0 Å². The summed E-state index contributed by atoms with van der Waals surface area (Å²) in [6, 6.07) is 0. The summed E-state index contributed by atoms with van der Waals surface area (Å²) in [4.78, 5) is 0. The lowest BCUT2D eigenvalue weighted by Gasteiger charge is -2.19. The highest BCUT2D eigenvalue weighted by molar-refractivity contribution is 5.85. The molecule has 0 atom stereocenters. The van der Waals surface area contributed by atoms with Crippen molar-refractivity contribution in [3.8, 4) is 12.3 Å². The summed E-state index contributed by atoms with van der Waals surface area (Å²) < 4.78 is 0. The fourth-order valence-corrected chi connectivity index (χ4v) is 0.510. The minimum absolute atomic E-state index is 0. The Labute approximate surface area is 70.0 Å². The first kappa shape index (κ1) is 12.5. The lowest BCUT2D eigenvalue weighted by Crippen LogP contribution is -2.36. The summed E-state index contributed by atoms with van der Waals surface area (Å²) in [5.74, 6) is 2.58. The molecule has 0 bridgehead atoms. The second kappa shape index (κ2) is 5.58. The van der Waals surface area contributed by atoms with Crippen LogP contribution in [-0.2, 0) is 0 Å². The molecule has 0 aromatic carbocycles. The molecule has 0 heterocycles. The predicted octanol–water partition coefficient (Wildman–Crippen LogP) is 1.82. The Morgan fingerprint density at radius 1 is 1.40 bits per heavy atom. The van der Waals surface area contributed by atoms with Gasteiger partial charge in [-0.2, -0.15) is 0 Å². The van der Waals surface area contributed by atoms with Crippen LogP contribution in [0.2, 0.25) is 0 Å². The third-order valence-corrected chi connectivity index (χ3v) is 0.925. The summed E-state index contributed by atoms with van der Waals surface area (Å²) in [5, 5.41) is 3.28. The van der Waals surface area contributed by atoms with Gasteiger partial charge in [0.25, 0.3) is 0 Å². The van der Waals surface area contributed by atoms with Crippen molar-refractivity contribution in [1.29, 1.82) is 0 Å². The Kier molecular flexibility index (Phi) is 6.97. The molecule has 0 aliphatic carbocycles. The largest absolute Gasteiger partial charge is 0.311 e. The van der Waals surface area contributed by atoms with Gasteiger partial charge >= 0.3 is 0 Å². The van der Waals surface area contributed by atoms with Gasteiger partial charge in [0.05, 0.1) is 0 Å². The number of rotatable bonds is 2. The van der Waals surface area contributed by atoms with Gasteiger partial charge in [-0.05, 0) is 20.8 Å². The Morgan fingerprint density at radius 3 is 2.20 bits per heavy atom. The first-order valence-corrected chi connectivity index (χ1v) is 3.25. The van der Waals surface area contributed by atoms with Gasteiger partial charge in [0.1, 0.15) is 0 Å². The lowest BCUT2D eigenvalue weighted by molar-refractivity contribution is 0.432. The van der Waals surface area contributed by atoms with Crippen LogP contribution < -0.4 is 5.32 Å². The first-order chi connectivity index (χ1) is 4.06. The van der Waals surface area contributed by atoms with Gasteiger partial charge in [0, 0.05) is 18.5 Å². The Bertz CT molecular complexity index is 107. The van der Waals surface area contributed by atoms with Crippen molar-refractivity contribution in [1.82, 2.24) is 5.32 Å². The van der Waals surface area contributed by atoms with E-state index < -0.39 is 0 Å². The minimum Gasteiger partial charge on any atom is -0.311 e. The molecule has 0 spiro atoms. The van der Waals surface area contributed by atoms with E-state index in [9.17, 15) is 0 Å². The molecule has 10 heavy (non-hydrogen) atoms. The van der Waals surface area contributed by atoms with Crippen LogP contribution in [0, 0.1) is 12.3 Å². The molecule has 0 aromatic heterocycles. The number of terminal acetylenes is 1. The van der Waals surface area contributed by atoms with Crippen LogP contribution in [0.4, 0.5) is 0 Å². The molecule has 1 nitrogen and oxygen atoms in total. The maximum Gasteiger partial charge on any atom is 0.0212 e. The van der Waals surface area contributed by atoms with Gasteiger partial charge in [-0.3, -0.25) is 0 Å². The Morgan fingerprint density at radius 2 is 1.90 bits per heavy atom. The molecule has 0 unspecified atom stereocenters. The van der Waals surface area contributed by atoms with Crippen molar-refractivity contribution < 1.29 is 0 Å². The van der Waals surface area contributed by atoms with E-state index >= 15 is 0 Å². The Hall–Kier alpha value is -0.190. The van der Waals surface area contributed by atoms with Crippen LogP contribution in [0.5, 0.6) is 0 Å². The normalized spacial score (nSPS) is 9.80. The molecule has 0 aromatic rings. The van der Waals surface area contributed by atoms with Gasteiger partial charge < -0.3 is 5.32 Å². The zero-order valence-corrected chi connectivity index (χ0v) is 7.72. The van der Waals surface area contributed by atoms with Gasteiger partial charge in [-0.25, -0.2) is 0 Å². The number of hydrogen-bond donors (Lipinski definition) is 1. The second-order valence-corrected chi connectivity index (χ2v) is 3.13. The molecular formula is C8H16ClN. The topological polar surface area (TPSA) is 12.0 Å². The summed E-state index contributed by atoms with van der Waals surface area (Å²) in [6.07, 6.45) is 5.88. The molecule has 0 rings (SSSR count). The SMILES string of the molecule is C#CCCNC(C)(C)C.Cl. The molecule has 0 amide bonds. The van der Waals surface area contributed by atoms with Crippen LogP contribution >= 0.6 is 12.4 Å². The molecular weight excluding hydrogens is 146 g/mol. The molecule has 0 fully saturated rings. The molecule has 2 heteroatoms. The van der Waals surface area contributed by atoms with Gasteiger partial charge in [0.2, 0.25) is 0 Å². The lowest BCUT2D eigenvalue weighted by atomic mass is 10.1. The van der Waals surface area contributed by atoms with E-state index in [1.54, 1.807) is 0 Å². The fraction of sp³-hybridized carbons (Fsp3) is 0.750. The third-order valence-electron chi connectivity index (χ3n) is 0.925. The quantitative estimate of drug-likeness (QED) is 0.481. The van der Waals surface area contributed by atoms with Crippen molar-refractivity contribution >= 4 is 12.4 Å². The monoisotopic (exact) mass is 161 g/mol. The standard InChI is InChI=1S/C8H15N.ClH/c1-5-6-7-9-8(2,3)4;/h1,9H,6-7H2,2-4H3;1H. The molecule has 0 aliphatic rings. The molecule has 0 aliphatic heterocycles. The van der Waals surface area contributed by atoms with Crippen LogP contribution in [0.3, 0.4) is 0 Å². The summed E-state index contributed by atoms with van der Waals surface area (Å²) in [5.41, 5.74) is 0.205. The summed E-state index contributed by atoms with van der Waals surface area (Å²) in [7, 11) is 0. The highest BCUT2D eigenvalue weighted by Crippen LogP contribution is 1.96. The smallest absolute Gasteiger partial charge is 0.0212 e. The maximum atomic E-state index is 5.07. The highest BCUT2D eigenvalue weighted by Gasteiger charge is 2.05. The highest BCUT2D eigenvalue weighted by atomic mass is 35.5. The van der Waals surface area contributed by atoms with Crippen molar-refractivity contribution in [2.45, 2.75) is 32.7 Å². The van der Waals surface area contributed by atoms with Crippen molar-refractivity contribution in [2.75, 3.05) is 6.54 Å². The first-order valence-electron chi connectivity index (χ1n) is 3.25. The van der Waals surface area contributed by atoms with Gasteiger partial charge in [-0.15, -0.1) is 24.8 Å². The maximum absolute atomic E-state index is 5.07. The number of nitrogens with one attached hydrogen (secondary N) is 1. The second-order valence-electron chi connectivity index (χ2n) is 3.13. The van der Waals surface area contributed by atoms with Crippen LogP contribution in [0.15, 0.2) is 0 Å². The third kappa shape index (κ3) is 10.7. The molecule has 0 saturated heterocycles. The van der Waals surface area contributed by atoms with E-state index in [1.165, 1.54) is 0 Å². The van der Waals surface area contributed by atoms with Crippen LogP contribution in [0.1, 0.15) is 27.2 Å². The average Bonchev–Trinajstić information content (AvgIpc) is 1.63. The zero-order valence-electron chi connectivity index (χ0n) is 6.90. The Balaban J connectivity index is 0. The van der Waals surface area contributed by atoms with E-state index in [4.69, 9.17) is 6.42 Å². The van der Waals surface area contributed by atoms with Crippen molar-refractivity contribution in [3.63, 3.8) is 0 Å². The fourth-order valence-electron chi connectivity index (χ4n) is 0.510.